The summed E-state index contributed by atoms with van der Waals surface area (Å²) in [5, 5.41) is 11.9. The van der Waals surface area contributed by atoms with Gasteiger partial charge in [-0.05, 0) is 25.1 Å². The van der Waals surface area contributed by atoms with Crippen molar-refractivity contribution in [2.45, 2.75) is 25.3 Å². The monoisotopic (exact) mass is 383 g/mol. The van der Waals surface area contributed by atoms with Crippen LogP contribution in [0, 0.1) is 5.82 Å². The molecule has 0 saturated carbocycles. The summed E-state index contributed by atoms with van der Waals surface area (Å²) in [6, 6.07) is 4.11. The third kappa shape index (κ3) is 3.53. The molecule has 10 heteroatoms. The zero-order valence-corrected chi connectivity index (χ0v) is 15.1. The van der Waals surface area contributed by atoms with Gasteiger partial charge in [0.2, 0.25) is 0 Å². The highest BCUT2D eigenvalue weighted by atomic mass is 35.5. The molecule has 0 aliphatic carbocycles. The third-order valence-corrected chi connectivity index (χ3v) is 4.23. The van der Waals surface area contributed by atoms with Crippen LogP contribution < -0.4 is 0 Å². The number of hydrogen-bond acceptors (Lipinski definition) is 7. The van der Waals surface area contributed by atoms with E-state index in [1.54, 1.807) is 7.11 Å². The molecule has 0 aliphatic rings. The molecule has 0 bridgehead atoms. The first-order valence-electron chi connectivity index (χ1n) is 7.43. The fraction of sp³-hybridized carbons (Fsp3) is 0.333. The van der Waals surface area contributed by atoms with Crippen LogP contribution in [0.5, 0.6) is 0 Å². The molecule has 1 atom stereocenters. The summed E-state index contributed by atoms with van der Waals surface area (Å²) in [5.41, 5.74) is 0.129. The van der Waals surface area contributed by atoms with E-state index >= 15 is 0 Å². The first-order chi connectivity index (χ1) is 12.0. The summed E-state index contributed by atoms with van der Waals surface area (Å²) in [6.07, 6.45) is 0. The minimum atomic E-state index is -0.585. The van der Waals surface area contributed by atoms with Crippen molar-refractivity contribution in [2.75, 3.05) is 7.11 Å². The van der Waals surface area contributed by atoms with Gasteiger partial charge >= 0.3 is 0 Å². The summed E-state index contributed by atoms with van der Waals surface area (Å²) < 4.78 is 26.1. The highest BCUT2D eigenvalue weighted by molar-refractivity contribution is 7.80. The van der Waals surface area contributed by atoms with E-state index < -0.39 is 11.1 Å². The molecule has 0 fully saturated rings. The Labute approximate surface area is 153 Å². The molecule has 0 radical (unpaired) electrons. The van der Waals surface area contributed by atoms with Crippen LogP contribution in [0.2, 0.25) is 5.02 Å². The SMILES string of the molecule is CCn1c(COC)nnc1C(S)c1noc(-c2cc(Cl)ccc2F)n1. The number of halogens is 2. The number of methoxy groups -OCH3 is 1. The Balaban J connectivity index is 1.93. The number of hydrogen-bond donors (Lipinski definition) is 1. The number of nitrogens with zero attached hydrogens (tertiary/aromatic N) is 5. The van der Waals surface area contributed by atoms with Gasteiger partial charge in [0.25, 0.3) is 5.89 Å². The average Bonchev–Trinajstić information content (AvgIpc) is 3.24. The van der Waals surface area contributed by atoms with E-state index in [2.05, 4.69) is 33.0 Å². The Hall–Kier alpha value is -1.97. The van der Waals surface area contributed by atoms with Gasteiger partial charge in [-0.25, -0.2) is 4.39 Å². The van der Waals surface area contributed by atoms with Crippen LogP contribution in [0.25, 0.3) is 11.5 Å². The number of benzene rings is 1. The van der Waals surface area contributed by atoms with E-state index in [1.807, 2.05) is 11.5 Å². The fourth-order valence-electron chi connectivity index (χ4n) is 2.36. The van der Waals surface area contributed by atoms with E-state index in [4.69, 9.17) is 20.9 Å². The largest absolute Gasteiger partial charge is 0.377 e. The van der Waals surface area contributed by atoms with E-state index in [-0.39, 0.29) is 17.3 Å². The number of rotatable bonds is 6. The first kappa shape index (κ1) is 17.8. The highest BCUT2D eigenvalue weighted by Gasteiger charge is 2.25. The first-order valence-corrected chi connectivity index (χ1v) is 8.32. The van der Waals surface area contributed by atoms with Crippen LogP contribution in [-0.2, 0) is 17.9 Å². The molecule has 1 unspecified atom stereocenters. The summed E-state index contributed by atoms with van der Waals surface area (Å²) >= 11 is 10.4. The standard InChI is InChI=1S/C15H15ClFN5O2S/c1-3-22-11(7-23-2)19-20-14(22)12(25)13-18-15(24-21-13)9-6-8(16)4-5-10(9)17/h4-6,12,25H,3,7H2,1-2H3. The third-order valence-electron chi connectivity index (χ3n) is 3.54. The lowest BCUT2D eigenvalue weighted by molar-refractivity contribution is 0.174. The number of thiol groups is 1. The maximum atomic E-state index is 13.9. The molecule has 2 heterocycles. The lowest BCUT2D eigenvalue weighted by Gasteiger charge is -2.09. The molecular weight excluding hydrogens is 369 g/mol. The summed E-state index contributed by atoms with van der Waals surface area (Å²) in [7, 11) is 1.58. The van der Waals surface area contributed by atoms with Crippen molar-refractivity contribution in [3.63, 3.8) is 0 Å². The minimum absolute atomic E-state index is 0.0220. The van der Waals surface area contributed by atoms with Crippen LogP contribution in [0.4, 0.5) is 4.39 Å². The molecule has 132 valence electrons. The van der Waals surface area contributed by atoms with Crippen LogP contribution in [0.1, 0.15) is 29.6 Å². The van der Waals surface area contributed by atoms with Gasteiger partial charge in [-0.2, -0.15) is 17.6 Å². The molecule has 1 aromatic carbocycles. The molecule has 3 aromatic rings. The predicted octanol–water partition coefficient (Wildman–Crippen LogP) is 3.31. The smallest absolute Gasteiger partial charge is 0.261 e. The lowest BCUT2D eigenvalue weighted by atomic mass is 10.2. The Kier molecular flexibility index (Phi) is 5.36. The van der Waals surface area contributed by atoms with Crippen molar-refractivity contribution in [1.29, 1.82) is 0 Å². The van der Waals surface area contributed by atoms with Gasteiger partial charge in [0, 0.05) is 18.7 Å². The zero-order chi connectivity index (χ0) is 18.0. The lowest BCUT2D eigenvalue weighted by Crippen LogP contribution is -2.10. The van der Waals surface area contributed by atoms with Crippen LogP contribution in [-0.4, -0.2) is 32.0 Å². The van der Waals surface area contributed by atoms with E-state index in [9.17, 15) is 4.39 Å². The Morgan fingerprint density at radius 2 is 2.20 bits per heavy atom. The van der Waals surface area contributed by atoms with Crippen molar-refractivity contribution in [3.05, 3.63) is 46.5 Å². The number of aromatic nitrogens is 5. The van der Waals surface area contributed by atoms with Gasteiger partial charge in [-0.1, -0.05) is 16.8 Å². The van der Waals surface area contributed by atoms with E-state index in [0.29, 0.717) is 29.8 Å². The molecule has 2 aromatic heterocycles. The molecule has 0 amide bonds. The Bertz CT molecular complexity index is 885. The predicted molar refractivity (Wildman–Crippen MR) is 91.9 cm³/mol. The number of ether oxygens (including phenoxy) is 1. The Morgan fingerprint density at radius 3 is 2.92 bits per heavy atom. The Morgan fingerprint density at radius 1 is 1.40 bits per heavy atom. The average molecular weight is 384 g/mol. The van der Waals surface area contributed by atoms with Crippen molar-refractivity contribution in [3.8, 4) is 11.5 Å². The molecule has 0 aliphatic heterocycles. The molecule has 3 rings (SSSR count). The zero-order valence-electron chi connectivity index (χ0n) is 13.5. The van der Waals surface area contributed by atoms with E-state index in [1.165, 1.54) is 18.2 Å². The van der Waals surface area contributed by atoms with Gasteiger partial charge in [-0.15, -0.1) is 10.2 Å². The maximum absolute atomic E-state index is 13.9. The van der Waals surface area contributed by atoms with Crippen LogP contribution >= 0.6 is 24.2 Å². The second-order valence-electron chi connectivity index (χ2n) is 5.14. The molecular formula is C15H15ClFN5O2S. The summed E-state index contributed by atoms with van der Waals surface area (Å²) in [6.45, 7) is 2.91. The van der Waals surface area contributed by atoms with Gasteiger partial charge in [-0.3, -0.25) is 0 Å². The molecule has 0 N–H and O–H groups in total. The maximum Gasteiger partial charge on any atom is 0.261 e. The highest BCUT2D eigenvalue weighted by Crippen LogP contribution is 2.29. The van der Waals surface area contributed by atoms with Crippen molar-refractivity contribution < 1.29 is 13.7 Å². The van der Waals surface area contributed by atoms with Crippen LogP contribution in [0.15, 0.2) is 22.7 Å². The van der Waals surface area contributed by atoms with Crippen molar-refractivity contribution >= 4 is 24.2 Å². The molecule has 25 heavy (non-hydrogen) atoms. The van der Waals surface area contributed by atoms with E-state index in [0.717, 1.165) is 0 Å². The van der Waals surface area contributed by atoms with Crippen molar-refractivity contribution in [1.82, 2.24) is 24.9 Å². The minimum Gasteiger partial charge on any atom is -0.377 e. The quantitative estimate of drug-likeness (QED) is 0.658. The molecule has 7 nitrogen and oxygen atoms in total. The molecule has 0 saturated heterocycles. The molecule has 0 spiro atoms. The topological polar surface area (TPSA) is 78.9 Å². The normalized spacial score (nSPS) is 12.5. The van der Waals surface area contributed by atoms with Gasteiger partial charge < -0.3 is 13.8 Å². The van der Waals surface area contributed by atoms with Gasteiger partial charge in [0.05, 0.1) is 5.56 Å². The summed E-state index contributed by atoms with van der Waals surface area (Å²) in [5.74, 6) is 0.993. The van der Waals surface area contributed by atoms with Crippen LogP contribution in [0.3, 0.4) is 0 Å². The van der Waals surface area contributed by atoms with Gasteiger partial charge in [0.1, 0.15) is 17.7 Å². The van der Waals surface area contributed by atoms with Gasteiger partial charge in [0.15, 0.2) is 17.5 Å². The second kappa shape index (κ2) is 7.51. The van der Waals surface area contributed by atoms with Crippen molar-refractivity contribution in [2.24, 2.45) is 0 Å². The fourth-order valence-corrected chi connectivity index (χ4v) is 2.83. The second-order valence-corrected chi connectivity index (χ2v) is 6.09. The summed E-state index contributed by atoms with van der Waals surface area (Å²) in [4.78, 5) is 4.22.